The van der Waals surface area contributed by atoms with Crippen LogP contribution in [0.1, 0.15) is 27.6 Å². The third-order valence-electron chi connectivity index (χ3n) is 5.65. The maximum Gasteiger partial charge on any atom is 0.336 e. The fourth-order valence-corrected chi connectivity index (χ4v) is 5.75. The number of hydrogen-bond acceptors (Lipinski definition) is 8. The zero-order valence-corrected chi connectivity index (χ0v) is 20.9. The average Bonchev–Trinajstić information content (AvgIpc) is 2.80. The van der Waals surface area contributed by atoms with Gasteiger partial charge < -0.3 is 20.4 Å². The lowest BCUT2D eigenvalue weighted by Crippen LogP contribution is -2.76. The first-order valence-electron chi connectivity index (χ1n) is 10.6. The van der Waals surface area contributed by atoms with Gasteiger partial charge in [-0.3, -0.25) is 9.11 Å². The maximum atomic E-state index is 12.5. The SMILES string of the molecule is CC[NH+]=c1ccc2c(-c3ccc(C(=O)O)cc3C(=O)O)c3ccc(N)c(S(=O)(=O)O)c3oc-2c1S(=O)(=O)O. The predicted octanol–water partition coefficient (Wildman–Crippen LogP) is 0.678. The van der Waals surface area contributed by atoms with Gasteiger partial charge in [-0.2, -0.15) is 16.8 Å². The van der Waals surface area contributed by atoms with E-state index in [1.54, 1.807) is 6.92 Å². The van der Waals surface area contributed by atoms with E-state index in [1.807, 2.05) is 0 Å². The molecule has 2 aliphatic rings. The highest BCUT2D eigenvalue weighted by Gasteiger charge is 2.33. The Morgan fingerprint density at radius 1 is 0.895 bits per heavy atom. The van der Waals surface area contributed by atoms with Crippen LogP contribution in [-0.2, 0) is 20.2 Å². The highest BCUT2D eigenvalue weighted by molar-refractivity contribution is 7.86. The third-order valence-corrected chi connectivity index (χ3v) is 7.51. The summed E-state index contributed by atoms with van der Waals surface area (Å²) in [5.74, 6) is -3.54. The lowest BCUT2D eigenvalue weighted by Gasteiger charge is -2.19. The molecule has 0 aromatic heterocycles. The number of fused-ring (bicyclic) bond motifs is 2. The number of aromatic carboxylic acids is 2. The number of hydrogen-bond donors (Lipinski definition) is 6. The van der Waals surface area contributed by atoms with Crippen LogP contribution in [-0.4, -0.2) is 54.6 Å². The molecular weight excluding hydrogens is 544 g/mol. The molecule has 0 spiro atoms. The molecule has 0 radical (unpaired) electrons. The van der Waals surface area contributed by atoms with E-state index >= 15 is 0 Å². The summed E-state index contributed by atoms with van der Waals surface area (Å²) in [7, 11) is -10.1. The minimum absolute atomic E-state index is 0.0802. The molecule has 2 aromatic rings. The predicted molar refractivity (Wildman–Crippen MR) is 131 cm³/mol. The Labute approximate surface area is 214 Å². The van der Waals surface area contributed by atoms with Crippen molar-refractivity contribution >= 4 is 48.8 Å². The summed E-state index contributed by atoms with van der Waals surface area (Å²) in [6, 6.07) is 8.13. The van der Waals surface area contributed by atoms with Crippen molar-refractivity contribution in [2.45, 2.75) is 16.7 Å². The zero-order valence-electron chi connectivity index (χ0n) is 19.3. The number of carboxylic acids is 2. The van der Waals surface area contributed by atoms with Gasteiger partial charge in [0, 0.05) is 22.6 Å². The van der Waals surface area contributed by atoms with Crippen LogP contribution < -0.4 is 16.1 Å². The van der Waals surface area contributed by atoms with Gasteiger partial charge >= 0.3 is 22.1 Å². The number of benzene rings is 3. The van der Waals surface area contributed by atoms with E-state index in [0.29, 0.717) is 0 Å². The number of rotatable bonds is 6. The summed E-state index contributed by atoms with van der Waals surface area (Å²) in [6.45, 7) is 1.85. The maximum absolute atomic E-state index is 12.5. The second kappa shape index (κ2) is 9.21. The Bertz CT molecular complexity index is 1930. The normalized spacial score (nSPS) is 12.8. The van der Waals surface area contributed by atoms with Gasteiger partial charge in [-0.1, -0.05) is 6.07 Å². The molecule has 1 aliphatic carbocycles. The summed E-state index contributed by atoms with van der Waals surface area (Å²) >= 11 is 0. The highest BCUT2D eigenvalue weighted by atomic mass is 32.2. The quantitative estimate of drug-likeness (QED) is 0.108. The minimum Gasteiger partial charge on any atom is -0.478 e. The summed E-state index contributed by atoms with van der Waals surface area (Å²) in [6.07, 6.45) is 0. The first-order valence-corrected chi connectivity index (χ1v) is 13.5. The van der Waals surface area contributed by atoms with Crippen molar-refractivity contribution in [1.29, 1.82) is 0 Å². The first-order chi connectivity index (χ1) is 17.7. The van der Waals surface area contributed by atoms with Crippen LogP contribution in [0.2, 0.25) is 0 Å². The van der Waals surface area contributed by atoms with Crippen molar-refractivity contribution in [1.82, 2.24) is 0 Å². The second-order valence-corrected chi connectivity index (χ2v) is 10.7. The molecule has 4 rings (SSSR count). The second-order valence-electron chi connectivity index (χ2n) is 8.01. The van der Waals surface area contributed by atoms with Crippen LogP contribution in [0.15, 0.2) is 56.7 Å². The molecule has 7 N–H and O–H groups in total. The van der Waals surface area contributed by atoms with Crippen LogP contribution in [0.3, 0.4) is 0 Å². The van der Waals surface area contributed by atoms with E-state index in [1.165, 1.54) is 18.2 Å². The number of nitrogens with two attached hydrogens (primary N) is 1. The van der Waals surface area contributed by atoms with Gasteiger partial charge in [-0.25, -0.2) is 14.6 Å². The van der Waals surface area contributed by atoms with E-state index in [-0.39, 0.29) is 39.5 Å². The molecule has 0 bridgehead atoms. The summed E-state index contributed by atoms with van der Waals surface area (Å²) in [4.78, 5) is 24.7. The van der Waals surface area contributed by atoms with Gasteiger partial charge in [0.15, 0.2) is 16.2 Å². The Morgan fingerprint density at radius 3 is 2.08 bits per heavy atom. The number of carboxylic acid groups (broad SMARTS) is 2. The van der Waals surface area contributed by atoms with Crippen molar-refractivity contribution in [2.24, 2.45) is 0 Å². The lowest BCUT2D eigenvalue weighted by molar-refractivity contribution is -0.498. The van der Waals surface area contributed by atoms with Crippen molar-refractivity contribution < 1.29 is 55.2 Å². The summed E-state index contributed by atoms with van der Waals surface area (Å²) in [5.41, 5.74) is 3.50. The Hall–Kier alpha value is -4.31. The van der Waals surface area contributed by atoms with Crippen LogP contribution in [0.5, 0.6) is 0 Å². The topological polar surface area (TPSA) is 236 Å². The van der Waals surface area contributed by atoms with Gasteiger partial charge in [0.2, 0.25) is 10.3 Å². The molecule has 0 atom stereocenters. The molecule has 2 aromatic carbocycles. The standard InChI is InChI=1S/C23H18N2O11S2/c1-2-25-16-8-6-13-17(11-4-3-10(22(26)27)9-14(11)23(28)29)12-5-7-15(24)20(37(30,31)32)18(12)36-19(13)21(16)38(33,34)35/h3-9H,2,24H2,1H3,(H,26,27)(H,28,29)(H,30,31,32)(H,33,34,35)/p+1. The zero-order chi connectivity index (χ0) is 28.2. The molecule has 198 valence electrons. The summed E-state index contributed by atoms with van der Waals surface area (Å²) in [5, 5.41) is 19.0. The largest absolute Gasteiger partial charge is 0.478 e. The number of nitrogen functional groups attached to an aromatic ring is 1. The Morgan fingerprint density at radius 2 is 1.53 bits per heavy atom. The molecular formula is C23H19N2O11S2+. The molecule has 0 saturated carbocycles. The molecule has 0 unspecified atom stereocenters. The van der Waals surface area contributed by atoms with Crippen molar-refractivity contribution in [2.75, 3.05) is 12.3 Å². The number of nitrogens with one attached hydrogen (secondary N) is 1. The Kier molecular flexibility index (Phi) is 6.48. The number of anilines is 1. The molecule has 0 saturated heterocycles. The molecule has 0 amide bonds. The van der Waals surface area contributed by atoms with Crippen molar-refractivity contribution in [3.8, 4) is 22.5 Å². The van der Waals surface area contributed by atoms with E-state index in [0.717, 1.165) is 24.3 Å². The smallest absolute Gasteiger partial charge is 0.336 e. The van der Waals surface area contributed by atoms with Crippen LogP contribution in [0.25, 0.3) is 33.4 Å². The monoisotopic (exact) mass is 563 g/mol. The van der Waals surface area contributed by atoms with Crippen LogP contribution in [0, 0.1) is 0 Å². The number of carbonyl (C=O) groups is 2. The molecule has 0 fully saturated rings. The molecule has 38 heavy (non-hydrogen) atoms. The molecule has 15 heteroatoms. The molecule has 13 nitrogen and oxygen atoms in total. The first kappa shape index (κ1) is 26.7. The van der Waals surface area contributed by atoms with E-state index in [9.17, 15) is 45.7 Å². The van der Waals surface area contributed by atoms with E-state index in [4.69, 9.17) is 10.2 Å². The molecule has 1 aliphatic heterocycles. The average molecular weight is 564 g/mol. The van der Waals surface area contributed by atoms with E-state index < -0.39 is 64.6 Å². The molecule has 1 heterocycles. The van der Waals surface area contributed by atoms with Crippen LogP contribution in [0.4, 0.5) is 5.69 Å². The van der Waals surface area contributed by atoms with Crippen molar-refractivity contribution in [3.63, 3.8) is 0 Å². The van der Waals surface area contributed by atoms with Gasteiger partial charge in [-0.05, 0) is 42.8 Å². The van der Waals surface area contributed by atoms with Gasteiger partial charge in [0.1, 0.15) is 6.54 Å². The lowest BCUT2D eigenvalue weighted by atomic mass is 9.89. The van der Waals surface area contributed by atoms with Gasteiger partial charge in [0.25, 0.3) is 10.1 Å². The van der Waals surface area contributed by atoms with Gasteiger partial charge in [-0.15, -0.1) is 0 Å². The third kappa shape index (κ3) is 4.47. The Balaban J connectivity index is 2.39. The van der Waals surface area contributed by atoms with E-state index in [2.05, 4.69) is 4.99 Å². The van der Waals surface area contributed by atoms with Gasteiger partial charge in [0.05, 0.1) is 16.8 Å². The highest BCUT2D eigenvalue weighted by Crippen LogP contribution is 2.45. The fourth-order valence-electron chi connectivity index (χ4n) is 4.20. The summed E-state index contributed by atoms with van der Waals surface area (Å²) < 4.78 is 75.2. The fraction of sp³-hybridized carbons (Fsp3) is 0.0870. The minimum atomic E-state index is -5.08. The van der Waals surface area contributed by atoms with Crippen LogP contribution >= 0.6 is 0 Å². The van der Waals surface area contributed by atoms with Crippen molar-refractivity contribution in [3.05, 3.63) is 58.9 Å².